The molecule has 1 aliphatic rings. The average Bonchev–Trinajstić information content (AvgIpc) is 2.40. The van der Waals surface area contributed by atoms with Crippen molar-refractivity contribution in [2.24, 2.45) is 5.92 Å². The van der Waals surface area contributed by atoms with Crippen molar-refractivity contribution in [3.8, 4) is 0 Å². The molecule has 2 rings (SSSR count). The zero-order valence-electron chi connectivity index (χ0n) is 10.9. The van der Waals surface area contributed by atoms with E-state index < -0.39 is 5.60 Å². The van der Waals surface area contributed by atoms with Crippen LogP contribution in [0.2, 0.25) is 5.15 Å². The fourth-order valence-corrected chi connectivity index (χ4v) is 2.52. The number of hydrogen-bond acceptors (Lipinski definition) is 5. The molecule has 0 amide bonds. The topological polar surface area (TPSA) is 75.1 Å². The summed E-state index contributed by atoms with van der Waals surface area (Å²) in [6.07, 6.45) is 5.47. The Kier molecular flexibility index (Phi) is 4.37. The molecule has 1 fully saturated rings. The van der Waals surface area contributed by atoms with E-state index in [0.717, 1.165) is 25.7 Å². The monoisotopic (exact) mass is 283 g/mol. The van der Waals surface area contributed by atoms with Gasteiger partial charge in [0.25, 0.3) is 0 Å². The van der Waals surface area contributed by atoms with E-state index in [2.05, 4.69) is 22.2 Å². The number of aldehydes is 1. The summed E-state index contributed by atoms with van der Waals surface area (Å²) in [5.74, 6) is 1.04. The van der Waals surface area contributed by atoms with Gasteiger partial charge in [-0.2, -0.15) is 0 Å². The fourth-order valence-electron chi connectivity index (χ4n) is 2.34. The quantitative estimate of drug-likeness (QED) is 0.655. The van der Waals surface area contributed by atoms with Gasteiger partial charge < -0.3 is 10.4 Å². The first-order valence-corrected chi connectivity index (χ1v) is 6.84. The highest BCUT2D eigenvalue weighted by Gasteiger charge is 2.31. The summed E-state index contributed by atoms with van der Waals surface area (Å²) >= 11 is 5.82. The molecule has 0 aliphatic heterocycles. The number of anilines is 1. The van der Waals surface area contributed by atoms with Crippen LogP contribution in [0.3, 0.4) is 0 Å². The van der Waals surface area contributed by atoms with Gasteiger partial charge in [-0.25, -0.2) is 9.97 Å². The van der Waals surface area contributed by atoms with E-state index in [9.17, 15) is 9.90 Å². The standard InChI is InChI=1S/C13H18ClN3O2/c1-9-2-4-13(19,5-3-9)7-15-12-10(6-18)11(14)16-8-17-12/h6,8-9,19H,2-5,7H2,1H3,(H,15,16,17). The number of aromatic nitrogens is 2. The van der Waals surface area contributed by atoms with Crippen LogP contribution in [0.4, 0.5) is 5.82 Å². The van der Waals surface area contributed by atoms with Gasteiger partial charge in [0.1, 0.15) is 17.3 Å². The molecule has 0 unspecified atom stereocenters. The first-order valence-electron chi connectivity index (χ1n) is 6.46. The second-order valence-electron chi connectivity index (χ2n) is 5.31. The van der Waals surface area contributed by atoms with E-state index in [1.165, 1.54) is 6.33 Å². The highest BCUT2D eigenvalue weighted by Crippen LogP contribution is 2.32. The minimum absolute atomic E-state index is 0.122. The maximum Gasteiger partial charge on any atom is 0.156 e. The highest BCUT2D eigenvalue weighted by molar-refractivity contribution is 6.32. The molecule has 0 radical (unpaired) electrons. The number of aliphatic hydroxyl groups is 1. The second-order valence-corrected chi connectivity index (χ2v) is 5.66. The Hall–Kier alpha value is -1.20. The maximum atomic E-state index is 11.0. The van der Waals surface area contributed by atoms with Gasteiger partial charge >= 0.3 is 0 Å². The molecule has 0 bridgehead atoms. The summed E-state index contributed by atoms with van der Waals surface area (Å²) in [5, 5.41) is 13.6. The van der Waals surface area contributed by atoms with Crippen molar-refractivity contribution < 1.29 is 9.90 Å². The third-order valence-electron chi connectivity index (χ3n) is 3.74. The summed E-state index contributed by atoms with van der Waals surface area (Å²) in [7, 11) is 0. The summed E-state index contributed by atoms with van der Waals surface area (Å²) in [6.45, 7) is 2.57. The van der Waals surface area contributed by atoms with Gasteiger partial charge in [-0.3, -0.25) is 4.79 Å². The minimum Gasteiger partial charge on any atom is -0.388 e. The highest BCUT2D eigenvalue weighted by atomic mass is 35.5. The molecule has 19 heavy (non-hydrogen) atoms. The van der Waals surface area contributed by atoms with E-state index in [1.807, 2.05) is 0 Å². The normalized spacial score (nSPS) is 27.0. The van der Waals surface area contributed by atoms with Crippen LogP contribution in [0.25, 0.3) is 0 Å². The van der Waals surface area contributed by atoms with Gasteiger partial charge in [-0.15, -0.1) is 0 Å². The molecule has 1 aromatic rings. The number of hydrogen-bond donors (Lipinski definition) is 2. The molecule has 0 aromatic carbocycles. The SMILES string of the molecule is CC1CCC(O)(CNc2ncnc(Cl)c2C=O)CC1. The van der Waals surface area contributed by atoms with Crippen LogP contribution in [0.5, 0.6) is 0 Å². The van der Waals surface area contributed by atoms with E-state index in [1.54, 1.807) is 0 Å². The van der Waals surface area contributed by atoms with Crippen LogP contribution >= 0.6 is 11.6 Å². The van der Waals surface area contributed by atoms with Crippen LogP contribution < -0.4 is 5.32 Å². The lowest BCUT2D eigenvalue weighted by Crippen LogP contribution is -2.40. The van der Waals surface area contributed by atoms with E-state index in [0.29, 0.717) is 24.6 Å². The molecule has 0 saturated heterocycles. The van der Waals surface area contributed by atoms with Gasteiger partial charge in [-0.1, -0.05) is 18.5 Å². The van der Waals surface area contributed by atoms with Crippen molar-refractivity contribution in [1.82, 2.24) is 9.97 Å². The Bertz CT molecular complexity index is 459. The zero-order valence-corrected chi connectivity index (χ0v) is 11.7. The first kappa shape index (κ1) is 14.2. The van der Waals surface area contributed by atoms with Gasteiger partial charge in [0.05, 0.1) is 11.2 Å². The van der Waals surface area contributed by atoms with Crippen molar-refractivity contribution in [3.63, 3.8) is 0 Å². The molecule has 1 heterocycles. The Labute approximate surface area is 117 Å². The van der Waals surface area contributed by atoms with E-state index in [-0.39, 0.29) is 10.7 Å². The van der Waals surface area contributed by atoms with Crippen LogP contribution in [0, 0.1) is 5.92 Å². The maximum absolute atomic E-state index is 11.0. The zero-order chi connectivity index (χ0) is 13.9. The van der Waals surface area contributed by atoms with Crippen LogP contribution in [0.15, 0.2) is 6.33 Å². The van der Waals surface area contributed by atoms with Crippen molar-refractivity contribution in [2.75, 3.05) is 11.9 Å². The molecule has 1 aromatic heterocycles. The Balaban J connectivity index is 2.03. The molecule has 0 atom stereocenters. The Morgan fingerprint density at radius 3 is 2.84 bits per heavy atom. The molecule has 2 N–H and O–H groups in total. The first-order chi connectivity index (χ1) is 9.04. The number of rotatable bonds is 4. The number of halogens is 1. The lowest BCUT2D eigenvalue weighted by Gasteiger charge is -2.35. The molecule has 1 saturated carbocycles. The smallest absolute Gasteiger partial charge is 0.156 e. The van der Waals surface area contributed by atoms with Crippen molar-refractivity contribution in [1.29, 1.82) is 0 Å². The van der Waals surface area contributed by atoms with Gasteiger partial charge in [0, 0.05) is 6.54 Å². The third kappa shape index (κ3) is 3.42. The number of carbonyl (C=O) groups is 1. The van der Waals surface area contributed by atoms with Crippen molar-refractivity contribution in [3.05, 3.63) is 17.0 Å². The predicted octanol–water partition coefficient (Wildman–Crippen LogP) is 2.30. The van der Waals surface area contributed by atoms with Gasteiger partial charge in [0.2, 0.25) is 0 Å². The van der Waals surface area contributed by atoms with Crippen LogP contribution in [-0.2, 0) is 0 Å². The molecular formula is C13H18ClN3O2. The van der Waals surface area contributed by atoms with E-state index in [4.69, 9.17) is 11.6 Å². The number of nitrogens with zero attached hydrogens (tertiary/aromatic N) is 2. The average molecular weight is 284 g/mol. The second kappa shape index (κ2) is 5.84. The lowest BCUT2D eigenvalue weighted by molar-refractivity contribution is 0.00493. The number of carbonyl (C=O) groups excluding carboxylic acids is 1. The summed E-state index contributed by atoms with van der Waals surface area (Å²) in [6, 6.07) is 0. The van der Waals surface area contributed by atoms with Crippen LogP contribution in [0.1, 0.15) is 43.0 Å². The molecule has 1 aliphatic carbocycles. The predicted molar refractivity (Wildman–Crippen MR) is 73.5 cm³/mol. The van der Waals surface area contributed by atoms with Crippen LogP contribution in [-0.4, -0.2) is 33.5 Å². The van der Waals surface area contributed by atoms with Gasteiger partial charge in [-0.05, 0) is 31.6 Å². The molecular weight excluding hydrogens is 266 g/mol. The molecule has 5 nitrogen and oxygen atoms in total. The Morgan fingerprint density at radius 2 is 2.21 bits per heavy atom. The van der Waals surface area contributed by atoms with Crippen molar-refractivity contribution >= 4 is 23.7 Å². The fraction of sp³-hybridized carbons (Fsp3) is 0.615. The molecule has 6 heteroatoms. The minimum atomic E-state index is -0.732. The summed E-state index contributed by atoms with van der Waals surface area (Å²) < 4.78 is 0. The molecule has 104 valence electrons. The number of nitrogens with one attached hydrogen (secondary N) is 1. The largest absolute Gasteiger partial charge is 0.388 e. The summed E-state index contributed by atoms with van der Waals surface area (Å²) in [5.41, 5.74) is -0.499. The third-order valence-corrected chi connectivity index (χ3v) is 4.04. The molecule has 0 spiro atoms. The van der Waals surface area contributed by atoms with E-state index >= 15 is 0 Å². The lowest BCUT2D eigenvalue weighted by atomic mass is 9.79. The summed E-state index contributed by atoms with van der Waals surface area (Å²) in [4.78, 5) is 18.7. The Morgan fingerprint density at radius 1 is 1.53 bits per heavy atom. The van der Waals surface area contributed by atoms with Gasteiger partial charge in [0.15, 0.2) is 6.29 Å². The van der Waals surface area contributed by atoms with Crippen molar-refractivity contribution in [2.45, 2.75) is 38.2 Å².